The summed E-state index contributed by atoms with van der Waals surface area (Å²) in [7, 11) is 0. The topological polar surface area (TPSA) is 75.4 Å². The average Bonchev–Trinajstić information content (AvgIpc) is 3.16. The summed E-state index contributed by atoms with van der Waals surface area (Å²) in [5, 5.41) is 3.00. The van der Waals surface area contributed by atoms with Crippen LogP contribution in [0.1, 0.15) is 48.3 Å². The monoisotopic (exact) mass is 327 g/mol. The first kappa shape index (κ1) is 16.2. The van der Waals surface area contributed by atoms with Gasteiger partial charge in [0.15, 0.2) is 5.76 Å². The second-order valence-electron chi connectivity index (χ2n) is 6.00. The Kier molecular flexibility index (Phi) is 4.93. The molecule has 2 amide bonds. The Hall–Kier alpha value is -2.63. The fraction of sp³-hybridized carbons (Fsp3) is 0.389. The number of hydrogen-bond acceptors (Lipinski definition) is 4. The number of nitrogens with one attached hydrogen (secondary N) is 1. The Morgan fingerprint density at radius 2 is 2.08 bits per heavy atom. The van der Waals surface area contributed by atoms with Crippen molar-refractivity contribution in [2.45, 2.75) is 38.3 Å². The normalized spacial score (nSPS) is 18.9. The second-order valence-corrected chi connectivity index (χ2v) is 6.00. The number of amides is 2. The number of furan rings is 1. The smallest absolute Gasteiger partial charge is 0.290 e. The molecule has 0 aliphatic carbocycles. The number of aromatic nitrogens is 1. The van der Waals surface area contributed by atoms with Crippen molar-refractivity contribution in [2.24, 2.45) is 0 Å². The van der Waals surface area contributed by atoms with E-state index in [1.54, 1.807) is 29.4 Å². The highest BCUT2D eigenvalue weighted by Crippen LogP contribution is 2.21. The largest absolute Gasteiger partial charge is 0.459 e. The van der Waals surface area contributed by atoms with Crippen molar-refractivity contribution in [3.05, 3.63) is 54.2 Å². The molecule has 0 spiro atoms. The maximum Gasteiger partial charge on any atom is 0.290 e. The van der Waals surface area contributed by atoms with Gasteiger partial charge in [0.2, 0.25) is 5.91 Å². The van der Waals surface area contributed by atoms with Crippen molar-refractivity contribution in [1.29, 1.82) is 0 Å². The van der Waals surface area contributed by atoms with Gasteiger partial charge in [-0.3, -0.25) is 14.6 Å². The third-order valence-corrected chi connectivity index (χ3v) is 4.36. The Morgan fingerprint density at radius 3 is 2.79 bits per heavy atom. The Morgan fingerprint density at radius 1 is 1.29 bits per heavy atom. The van der Waals surface area contributed by atoms with E-state index in [0.29, 0.717) is 13.0 Å². The highest BCUT2D eigenvalue weighted by molar-refractivity contribution is 5.95. The van der Waals surface area contributed by atoms with Crippen LogP contribution in [0.5, 0.6) is 0 Å². The summed E-state index contributed by atoms with van der Waals surface area (Å²) in [6.45, 7) is 2.50. The van der Waals surface area contributed by atoms with E-state index in [0.717, 1.165) is 18.4 Å². The standard InChI is InChI=1S/C18H21N3O3/c1-13(14-7-9-19-10-8-14)20-17(22)15-5-2-3-11-21(15)18(23)16-6-4-12-24-16/h4,6-10,12-13,15H,2-3,5,11H2,1H3,(H,20,22)/t13-,15-/m0/s1. The van der Waals surface area contributed by atoms with Gasteiger partial charge in [0.05, 0.1) is 12.3 Å². The van der Waals surface area contributed by atoms with Crippen LogP contribution < -0.4 is 5.32 Å². The van der Waals surface area contributed by atoms with Gasteiger partial charge >= 0.3 is 0 Å². The molecule has 1 saturated heterocycles. The van der Waals surface area contributed by atoms with Crippen molar-refractivity contribution in [1.82, 2.24) is 15.2 Å². The highest BCUT2D eigenvalue weighted by Gasteiger charge is 2.34. The fourth-order valence-corrected chi connectivity index (χ4v) is 3.03. The van der Waals surface area contributed by atoms with Crippen LogP contribution in [0.3, 0.4) is 0 Å². The lowest BCUT2D eigenvalue weighted by molar-refractivity contribution is -0.127. The first-order chi connectivity index (χ1) is 11.7. The number of pyridine rings is 1. The van der Waals surface area contributed by atoms with Gasteiger partial charge in [-0.2, -0.15) is 0 Å². The number of likely N-dealkylation sites (tertiary alicyclic amines) is 1. The van der Waals surface area contributed by atoms with Crippen LogP contribution in [0.25, 0.3) is 0 Å². The number of nitrogens with zero attached hydrogens (tertiary/aromatic N) is 2. The molecule has 2 aromatic heterocycles. The Labute approximate surface area is 140 Å². The van der Waals surface area contributed by atoms with Crippen LogP contribution in [-0.4, -0.2) is 34.3 Å². The van der Waals surface area contributed by atoms with Gasteiger partial charge in [-0.1, -0.05) is 0 Å². The molecule has 2 aromatic rings. The van der Waals surface area contributed by atoms with Crippen LogP contribution >= 0.6 is 0 Å². The van der Waals surface area contributed by atoms with E-state index in [2.05, 4.69) is 10.3 Å². The van der Waals surface area contributed by atoms with Crippen LogP contribution in [0.2, 0.25) is 0 Å². The van der Waals surface area contributed by atoms with Gasteiger partial charge in [-0.15, -0.1) is 0 Å². The van der Waals surface area contributed by atoms with Crippen molar-refractivity contribution < 1.29 is 14.0 Å². The molecule has 6 nitrogen and oxygen atoms in total. The predicted molar refractivity (Wildman–Crippen MR) is 88.2 cm³/mol. The Bertz CT molecular complexity index is 685. The molecule has 2 atom stereocenters. The average molecular weight is 327 g/mol. The minimum Gasteiger partial charge on any atom is -0.459 e. The SMILES string of the molecule is C[C@H](NC(=O)[C@@H]1CCCCN1C(=O)c1ccco1)c1ccncc1. The fourth-order valence-electron chi connectivity index (χ4n) is 3.03. The molecule has 24 heavy (non-hydrogen) atoms. The second kappa shape index (κ2) is 7.29. The number of carbonyl (C=O) groups excluding carboxylic acids is 2. The van der Waals surface area contributed by atoms with Crippen molar-refractivity contribution in [2.75, 3.05) is 6.54 Å². The molecule has 0 saturated carbocycles. The van der Waals surface area contributed by atoms with E-state index in [-0.39, 0.29) is 23.6 Å². The van der Waals surface area contributed by atoms with Gasteiger partial charge in [0, 0.05) is 18.9 Å². The summed E-state index contributed by atoms with van der Waals surface area (Å²) < 4.78 is 5.20. The zero-order valence-corrected chi connectivity index (χ0v) is 13.6. The first-order valence-corrected chi connectivity index (χ1v) is 8.21. The highest BCUT2D eigenvalue weighted by atomic mass is 16.3. The van der Waals surface area contributed by atoms with Gasteiger partial charge in [-0.05, 0) is 56.0 Å². The number of rotatable bonds is 4. The van der Waals surface area contributed by atoms with Crippen LogP contribution in [0.15, 0.2) is 47.3 Å². The third kappa shape index (κ3) is 3.48. The van der Waals surface area contributed by atoms with Crippen molar-refractivity contribution >= 4 is 11.8 Å². The van der Waals surface area contributed by atoms with Gasteiger partial charge < -0.3 is 14.6 Å². The molecule has 126 valence electrons. The predicted octanol–water partition coefficient (Wildman–Crippen LogP) is 2.55. The summed E-state index contributed by atoms with van der Waals surface area (Å²) in [5.41, 5.74) is 0.984. The van der Waals surface area contributed by atoms with Crippen LogP contribution in [0.4, 0.5) is 0 Å². The molecule has 0 radical (unpaired) electrons. The molecule has 1 N–H and O–H groups in total. The molecule has 0 aromatic carbocycles. The van der Waals surface area contributed by atoms with Gasteiger partial charge in [-0.25, -0.2) is 0 Å². The van der Waals surface area contributed by atoms with E-state index in [9.17, 15) is 9.59 Å². The minimum atomic E-state index is -0.458. The van der Waals surface area contributed by atoms with Gasteiger partial charge in [0.25, 0.3) is 5.91 Å². The molecule has 0 bridgehead atoms. The van der Waals surface area contributed by atoms with Crippen molar-refractivity contribution in [3.8, 4) is 0 Å². The van der Waals surface area contributed by atoms with Crippen molar-refractivity contribution in [3.63, 3.8) is 0 Å². The lowest BCUT2D eigenvalue weighted by Crippen LogP contribution is -2.52. The zero-order valence-electron chi connectivity index (χ0n) is 13.6. The third-order valence-electron chi connectivity index (χ3n) is 4.36. The summed E-state index contributed by atoms with van der Waals surface area (Å²) >= 11 is 0. The number of hydrogen-bond donors (Lipinski definition) is 1. The van der Waals surface area contributed by atoms with E-state index in [4.69, 9.17) is 4.42 Å². The summed E-state index contributed by atoms with van der Waals surface area (Å²) in [6.07, 6.45) is 7.37. The molecule has 1 aliphatic rings. The molecular weight excluding hydrogens is 306 g/mol. The molecule has 3 heterocycles. The Balaban J connectivity index is 1.70. The lowest BCUT2D eigenvalue weighted by Gasteiger charge is -2.34. The quantitative estimate of drug-likeness (QED) is 0.936. The minimum absolute atomic E-state index is 0.126. The number of piperidine rings is 1. The molecule has 0 unspecified atom stereocenters. The first-order valence-electron chi connectivity index (χ1n) is 8.21. The van der Waals surface area contributed by atoms with E-state index in [1.807, 2.05) is 19.1 Å². The van der Waals surface area contributed by atoms with E-state index < -0.39 is 6.04 Å². The molecule has 6 heteroatoms. The molecule has 1 fully saturated rings. The zero-order chi connectivity index (χ0) is 16.9. The van der Waals surface area contributed by atoms with E-state index >= 15 is 0 Å². The summed E-state index contributed by atoms with van der Waals surface area (Å²) in [4.78, 5) is 30.9. The number of carbonyl (C=O) groups is 2. The van der Waals surface area contributed by atoms with E-state index in [1.165, 1.54) is 6.26 Å². The maximum absolute atomic E-state index is 12.7. The van der Waals surface area contributed by atoms with Crippen LogP contribution in [0, 0.1) is 0 Å². The van der Waals surface area contributed by atoms with Crippen LogP contribution in [-0.2, 0) is 4.79 Å². The lowest BCUT2D eigenvalue weighted by atomic mass is 10.00. The summed E-state index contributed by atoms with van der Waals surface area (Å²) in [5.74, 6) is -0.0767. The summed E-state index contributed by atoms with van der Waals surface area (Å²) in [6, 6.07) is 6.46. The van der Waals surface area contributed by atoms with Gasteiger partial charge in [0.1, 0.15) is 6.04 Å². The molecule has 3 rings (SSSR count). The maximum atomic E-state index is 12.7. The molecule has 1 aliphatic heterocycles. The molecular formula is C18H21N3O3.